The molecule has 19 heavy (non-hydrogen) atoms. The van der Waals surface area contributed by atoms with Crippen molar-refractivity contribution >= 4 is 0 Å². The molecular formula is C19H38. The summed E-state index contributed by atoms with van der Waals surface area (Å²) in [7, 11) is 0. The van der Waals surface area contributed by atoms with E-state index < -0.39 is 0 Å². The summed E-state index contributed by atoms with van der Waals surface area (Å²) < 4.78 is 0. The predicted molar refractivity (Wildman–Crippen MR) is 87.7 cm³/mol. The van der Waals surface area contributed by atoms with E-state index in [1.807, 2.05) is 0 Å². The van der Waals surface area contributed by atoms with Crippen molar-refractivity contribution in [3.63, 3.8) is 0 Å². The standard InChI is InChI=1S/C19H38/c1-2-3-4-5-6-7-8-9-10-13-16-19-17-14-11-12-15-18-19/h19H,2-18H2,1H3. The van der Waals surface area contributed by atoms with Gasteiger partial charge in [-0.3, -0.25) is 0 Å². The average molecular weight is 267 g/mol. The van der Waals surface area contributed by atoms with E-state index in [0.29, 0.717) is 0 Å². The van der Waals surface area contributed by atoms with E-state index in [2.05, 4.69) is 6.92 Å². The van der Waals surface area contributed by atoms with Gasteiger partial charge in [0.05, 0.1) is 0 Å². The summed E-state index contributed by atoms with van der Waals surface area (Å²) in [6, 6.07) is 0. The topological polar surface area (TPSA) is 0 Å². The van der Waals surface area contributed by atoms with Gasteiger partial charge in [-0.25, -0.2) is 0 Å². The molecule has 0 bridgehead atoms. The second-order valence-corrected chi connectivity index (χ2v) is 6.83. The molecule has 1 saturated carbocycles. The first-order chi connectivity index (χ1) is 9.43. The Kier molecular flexibility index (Phi) is 11.7. The van der Waals surface area contributed by atoms with Crippen molar-refractivity contribution in [1.82, 2.24) is 0 Å². The largest absolute Gasteiger partial charge is 0.0654 e. The Bertz CT molecular complexity index is 165. The van der Waals surface area contributed by atoms with Crippen molar-refractivity contribution in [1.29, 1.82) is 0 Å². The number of rotatable bonds is 11. The zero-order valence-electron chi connectivity index (χ0n) is 13.6. The molecule has 0 aromatic rings. The average Bonchev–Trinajstić information content (AvgIpc) is 2.69. The molecule has 0 atom stereocenters. The fraction of sp³-hybridized carbons (Fsp3) is 1.00. The molecule has 0 unspecified atom stereocenters. The fourth-order valence-electron chi connectivity index (χ4n) is 3.57. The lowest BCUT2D eigenvalue weighted by Crippen LogP contribution is -1.98. The number of hydrogen-bond donors (Lipinski definition) is 0. The van der Waals surface area contributed by atoms with Crippen LogP contribution in [0.5, 0.6) is 0 Å². The highest BCUT2D eigenvalue weighted by atomic mass is 14.2. The van der Waals surface area contributed by atoms with Crippen LogP contribution in [0.4, 0.5) is 0 Å². The molecule has 0 heterocycles. The van der Waals surface area contributed by atoms with Crippen LogP contribution < -0.4 is 0 Å². The van der Waals surface area contributed by atoms with Crippen molar-refractivity contribution in [3.8, 4) is 0 Å². The van der Waals surface area contributed by atoms with E-state index in [1.165, 1.54) is 109 Å². The summed E-state index contributed by atoms with van der Waals surface area (Å²) in [6.45, 7) is 2.30. The van der Waals surface area contributed by atoms with Gasteiger partial charge in [0.1, 0.15) is 0 Å². The van der Waals surface area contributed by atoms with Gasteiger partial charge >= 0.3 is 0 Å². The summed E-state index contributed by atoms with van der Waals surface area (Å²) in [4.78, 5) is 0. The maximum absolute atomic E-state index is 2.30. The monoisotopic (exact) mass is 266 g/mol. The zero-order chi connectivity index (χ0) is 13.6. The van der Waals surface area contributed by atoms with Crippen LogP contribution in [-0.2, 0) is 0 Å². The lowest BCUT2D eigenvalue weighted by molar-refractivity contribution is 0.404. The molecule has 114 valence electrons. The molecule has 0 spiro atoms. The van der Waals surface area contributed by atoms with Crippen LogP contribution in [0.1, 0.15) is 116 Å². The highest BCUT2D eigenvalue weighted by molar-refractivity contribution is 4.64. The lowest BCUT2D eigenvalue weighted by Gasteiger charge is -2.13. The first-order valence-electron chi connectivity index (χ1n) is 9.43. The minimum absolute atomic E-state index is 1.09. The summed E-state index contributed by atoms with van der Waals surface area (Å²) in [5.41, 5.74) is 0. The molecule has 0 aliphatic heterocycles. The van der Waals surface area contributed by atoms with Gasteiger partial charge in [0, 0.05) is 0 Å². The number of hydrogen-bond acceptors (Lipinski definition) is 0. The molecule has 0 aromatic heterocycles. The van der Waals surface area contributed by atoms with Gasteiger partial charge in [-0.05, 0) is 5.92 Å². The lowest BCUT2D eigenvalue weighted by atomic mass is 9.93. The molecular weight excluding hydrogens is 228 g/mol. The van der Waals surface area contributed by atoms with Gasteiger partial charge in [-0.1, -0.05) is 116 Å². The van der Waals surface area contributed by atoms with Crippen molar-refractivity contribution in [3.05, 3.63) is 0 Å². The highest BCUT2D eigenvalue weighted by Gasteiger charge is 2.11. The van der Waals surface area contributed by atoms with Gasteiger partial charge in [0.2, 0.25) is 0 Å². The summed E-state index contributed by atoms with van der Waals surface area (Å²) in [6.07, 6.45) is 25.4. The predicted octanol–water partition coefficient (Wildman–Crippen LogP) is 7.27. The molecule has 0 N–H and O–H groups in total. The van der Waals surface area contributed by atoms with Crippen molar-refractivity contribution in [2.75, 3.05) is 0 Å². The van der Waals surface area contributed by atoms with Crippen LogP contribution in [0.2, 0.25) is 0 Å². The van der Waals surface area contributed by atoms with E-state index in [4.69, 9.17) is 0 Å². The Morgan fingerprint density at radius 2 is 1.05 bits per heavy atom. The smallest absolute Gasteiger partial charge is 0.0414 e. The Morgan fingerprint density at radius 1 is 0.579 bits per heavy atom. The van der Waals surface area contributed by atoms with Gasteiger partial charge < -0.3 is 0 Å². The van der Waals surface area contributed by atoms with E-state index in [1.54, 1.807) is 0 Å². The van der Waals surface area contributed by atoms with Crippen LogP contribution in [-0.4, -0.2) is 0 Å². The van der Waals surface area contributed by atoms with Crippen LogP contribution in [0.25, 0.3) is 0 Å². The third-order valence-corrected chi connectivity index (χ3v) is 4.94. The van der Waals surface area contributed by atoms with Gasteiger partial charge in [0.25, 0.3) is 0 Å². The van der Waals surface area contributed by atoms with Crippen LogP contribution in [0.3, 0.4) is 0 Å². The highest BCUT2D eigenvalue weighted by Crippen LogP contribution is 2.27. The van der Waals surface area contributed by atoms with Crippen molar-refractivity contribution in [2.24, 2.45) is 5.92 Å². The van der Waals surface area contributed by atoms with E-state index in [0.717, 1.165) is 5.92 Å². The quantitative estimate of drug-likeness (QED) is 0.272. The summed E-state index contributed by atoms with van der Waals surface area (Å²) in [5.74, 6) is 1.09. The fourth-order valence-corrected chi connectivity index (χ4v) is 3.57. The van der Waals surface area contributed by atoms with Crippen LogP contribution in [0, 0.1) is 5.92 Å². The number of unbranched alkanes of at least 4 members (excludes halogenated alkanes) is 9. The Morgan fingerprint density at radius 3 is 1.58 bits per heavy atom. The summed E-state index contributed by atoms with van der Waals surface area (Å²) in [5, 5.41) is 0. The molecule has 0 radical (unpaired) electrons. The normalized spacial score (nSPS) is 17.5. The SMILES string of the molecule is CCCCCCCCCCCCC1CCCCCC1. The molecule has 0 heteroatoms. The third-order valence-electron chi connectivity index (χ3n) is 4.94. The minimum atomic E-state index is 1.09. The van der Waals surface area contributed by atoms with E-state index >= 15 is 0 Å². The first kappa shape index (κ1) is 17.1. The van der Waals surface area contributed by atoms with E-state index in [9.17, 15) is 0 Å². The van der Waals surface area contributed by atoms with Crippen molar-refractivity contribution in [2.45, 2.75) is 116 Å². The molecule has 1 aliphatic rings. The van der Waals surface area contributed by atoms with Crippen molar-refractivity contribution < 1.29 is 0 Å². The summed E-state index contributed by atoms with van der Waals surface area (Å²) >= 11 is 0. The minimum Gasteiger partial charge on any atom is -0.0654 e. The molecule has 0 aromatic carbocycles. The van der Waals surface area contributed by atoms with Gasteiger partial charge in [-0.2, -0.15) is 0 Å². The van der Waals surface area contributed by atoms with Crippen LogP contribution in [0.15, 0.2) is 0 Å². The second-order valence-electron chi connectivity index (χ2n) is 6.83. The Hall–Kier alpha value is 0. The molecule has 0 saturated heterocycles. The van der Waals surface area contributed by atoms with Gasteiger partial charge in [-0.15, -0.1) is 0 Å². The van der Waals surface area contributed by atoms with Crippen LogP contribution >= 0.6 is 0 Å². The molecule has 0 amide bonds. The third kappa shape index (κ3) is 10.4. The maximum Gasteiger partial charge on any atom is -0.0414 e. The maximum atomic E-state index is 2.30. The Balaban J connectivity index is 1.78. The first-order valence-corrected chi connectivity index (χ1v) is 9.43. The molecule has 1 aliphatic carbocycles. The molecule has 1 fully saturated rings. The zero-order valence-corrected chi connectivity index (χ0v) is 13.6. The van der Waals surface area contributed by atoms with Gasteiger partial charge in [0.15, 0.2) is 0 Å². The second kappa shape index (κ2) is 13.0. The van der Waals surface area contributed by atoms with E-state index in [-0.39, 0.29) is 0 Å². The molecule has 0 nitrogen and oxygen atoms in total. The Labute approximate surface area is 122 Å². The molecule has 1 rings (SSSR count).